The second-order valence-electron chi connectivity index (χ2n) is 8.17. The number of nitrogen functional groups attached to an aromatic ring is 1. The van der Waals surface area contributed by atoms with E-state index in [1.54, 1.807) is 17.2 Å². The van der Waals surface area contributed by atoms with Gasteiger partial charge < -0.3 is 21.1 Å². The maximum Gasteiger partial charge on any atom is 0.227 e. The second-order valence-corrected chi connectivity index (χ2v) is 8.17. The fourth-order valence-electron chi connectivity index (χ4n) is 3.96. The third-order valence-corrected chi connectivity index (χ3v) is 5.78. The zero-order valence-corrected chi connectivity index (χ0v) is 18.4. The molecule has 4 N–H and O–H groups in total. The molecule has 1 saturated heterocycles. The molecule has 33 heavy (non-hydrogen) atoms. The van der Waals surface area contributed by atoms with Crippen molar-refractivity contribution in [2.45, 2.75) is 25.9 Å². The molecule has 0 bridgehead atoms. The highest BCUT2D eigenvalue weighted by Gasteiger charge is 2.19. The summed E-state index contributed by atoms with van der Waals surface area (Å²) in [6.07, 6.45) is 4.71. The maximum atomic E-state index is 9.81. The van der Waals surface area contributed by atoms with Crippen LogP contribution in [0.15, 0.2) is 61.1 Å². The molecule has 9 heteroatoms. The number of hydrogen-bond donors (Lipinski definition) is 3. The number of aryl methyl sites for hydroxylation is 1. The van der Waals surface area contributed by atoms with Gasteiger partial charge in [-0.05, 0) is 62.2 Å². The summed E-state index contributed by atoms with van der Waals surface area (Å²) in [4.78, 5) is 15.5. The molecule has 9 nitrogen and oxygen atoms in total. The zero-order chi connectivity index (χ0) is 22.8. The lowest BCUT2D eigenvalue weighted by atomic mass is 10.0. The van der Waals surface area contributed by atoms with Gasteiger partial charge in [-0.15, -0.1) is 0 Å². The van der Waals surface area contributed by atoms with Crippen LogP contribution in [-0.4, -0.2) is 49.0 Å². The van der Waals surface area contributed by atoms with E-state index >= 15 is 0 Å². The van der Waals surface area contributed by atoms with Crippen molar-refractivity contribution >= 4 is 23.0 Å². The minimum absolute atomic E-state index is 0.226. The molecule has 0 radical (unpaired) electrons. The minimum atomic E-state index is -0.226. The molecule has 0 amide bonds. The molecule has 4 aromatic rings. The Hall–Kier alpha value is -3.98. The maximum absolute atomic E-state index is 9.81. The number of piperidine rings is 1. The van der Waals surface area contributed by atoms with Crippen LogP contribution in [0.2, 0.25) is 0 Å². The molecule has 5 rings (SSSR count). The van der Waals surface area contributed by atoms with Crippen molar-refractivity contribution in [3.63, 3.8) is 0 Å². The number of aliphatic hydroxyl groups excluding tert-OH is 1. The number of benzene rings is 2. The Morgan fingerprint density at radius 1 is 1.03 bits per heavy atom. The van der Waals surface area contributed by atoms with Crippen molar-refractivity contribution in [1.82, 2.24) is 24.7 Å². The van der Waals surface area contributed by atoms with Gasteiger partial charge in [-0.1, -0.05) is 6.07 Å². The number of nitrogens with zero attached hydrogens (tertiary/aromatic N) is 6. The van der Waals surface area contributed by atoms with Crippen LogP contribution in [0.25, 0.3) is 16.9 Å². The fourth-order valence-corrected chi connectivity index (χ4v) is 3.96. The smallest absolute Gasteiger partial charge is 0.227 e. The van der Waals surface area contributed by atoms with Gasteiger partial charge >= 0.3 is 0 Å². The number of nitrogens with one attached hydrogen (secondary N) is 1. The molecule has 0 unspecified atom stereocenters. The summed E-state index contributed by atoms with van der Waals surface area (Å²) in [7, 11) is 0. The first-order valence-corrected chi connectivity index (χ1v) is 11.0. The predicted molar refractivity (Wildman–Crippen MR) is 129 cm³/mol. The average Bonchev–Trinajstić information content (AvgIpc) is 3.27. The Morgan fingerprint density at radius 2 is 1.82 bits per heavy atom. The molecule has 0 saturated carbocycles. The van der Waals surface area contributed by atoms with Crippen molar-refractivity contribution in [3.05, 3.63) is 66.9 Å². The molecular weight excluding hydrogens is 416 g/mol. The Bertz CT molecular complexity index is 1250. The van der Waals surface area contributed by atoms with Crippen LogP contribution in [0.5, 0.6) is 0 Å². The summed E-state index contributed by atoms with van der Waals surface area (Å²) >= 11 is 0. The Morgan fingerprint density at radius 3 is 2.55 bits per heavy atom. The molecule has 2 aromatic heterocycles. The highest BCUT2D eigenvalue weighted by molar-refractivity contribution is 5.76. The summed E-state index contributed by atoms with van der Waals surface area (Å²) in [6.45, 7) is 3.43. The van der Waals surface area contributed by atoms with Crippen LogP contribution in [0.3, 0.4) is 0 Å². The van der Waals surface area contributed by atoms with Gasteiger partial charge in [0, 0.05) is 30.5 Å². The van der Waals surface area contributed by atoms with E-state index in [2.05, 4.69) is 31.3 Å². The molecular formula is C24H26N8O. The highest BCUT2D eigenvalue weighted by atomic mass is 16.3. The van der Waals surface area contributed by atoms with Crippen molar-refractivity contribution in [1.29, 1.82) is 0 Å². The van der Waals surface area contributed by atoms with Gasteiger partial charge in [-0.3, -0.25) is 0 Å². The van der Waals surface area contributed by atoms with Crippen LogP contribution < -0.4 is 16.0 Å². The van der Waals surface area contributed by atoms with Crippen LogP contribution in [0, 0.1) is 6.92 Å². The first kappa shape index (κ1) is 20.9. The van der Waals surface area contributed by atoms with Gasteiger partial charge in [0.15, 0.2) is 0 Å². The number of anilines is 4. The first-order chi connectivity index (χ1) is 16.0. The topological polar surface area (TPSA) is 118 Å². The van der Waals surface area contributed by atoms with Crippen molar-refractivity contribution in [2.24, 2.45) is 0 Å². The third kappa shape index (κ3) is 4.63. The van der Waals surface area contributed by atoms with Gasteiger partial charge in [0.25, 0.3) is 0 Å². The van der Waals surface area contributed by atoms with Gasteiger partial charge in [0.2, 0.25) is 5.95 Å². The summed E-state index contributed by atoms with van der Waals surface area (Å²) in [6, 6.07) is 15.7. The van der Waals surface area contributed by atoms with Crippen LogP contribution in [-0.2, 0) is 0 Å². The SMILES string of the molecule is Cc1ncn(-c2ccc(Nc3nccc(-c4ccc(N)c(N5CCC(O)CC5)c4)n3)cc2)n1. The van der Waals surface area contributed by atoms with Crippen molar-refractivity contribution in [3.8, 4) is 16.9 Å². The van der Waals surface area contributed by atoms with Crippen molar-refractivity contribution < 1.29 is 5.11 Å². The summed E-state index contributed by atoms with van der Waals surface area (Å²) in [5.74, 6) is 1.24. The van der Waals surface area contributed by atoms with E-state index in [0.717, 1.165) is 65.8 Å². The molecule has 3 heterocycles. The van der Waals surface area contributed by atoms with E-state index in [1.807, 2.05) is 49.4 Å². The molecule has 1 aliphatic rings. The number of rotatable bonds is 5. The fraction of sp³-hybridized carbons (Fsp3) is 0.250. The van der Waals surface area contributed by atoms with E-state index in [-0.39, 0.29) is 6.10 Å². The summed E-state index contributed by atoms with van der Waals surface area (Å²) in [5, 5.41) is 17.4. The van der Waals surface area contributed by atoms with Gasteiger partial charge in [0.05, 0.1) is 28.9 Å². The van der Waals surface area contributed by atoms with Crippen LogP contribution in [0.4, 0.5) is 23.0 Å². The lowest BCUT2D eigenvalue weighted by molar-refractivity contribution is 0.145. The molecule has 0 aliphatic carbocycles. The number of hydrogen-bond acceptors (Lipinski definition) is 8. The first-order valence-electron chi connectivity index (χ1n) is 11.0. The number of aliphatic hydroxyl groups is 1. The molecule has 0 spiro atoms. The van der Waals surface area contributed by atoms with Crippen LogP contribution >= 0.6 is 0 Å². The van der Waals surface area contributed by atoms with E-state index in [1.165, 1.54) is 0 Å². The van der Waals surface area contributed by atoms with E-state index in [4.69, 9.17) is 10.7 Å². The molecule has 1 fully saturated rings. The monoisotopic (exact) mass is 442 g/mol. The second kappa shape index (κ2) is 8.87. The Labute approximate surface area is 191 Å². The lowest BCUT2D eigenvalue weighted by Gasteiger charge is -2.32. The van der Waals surface area contributed by atoms with Crippen LogP contribution in [0.1, 0.15) is 18.7 Å². The predicted octanol–water partition coefficient (Wildman–Crippen LogP) is 3.32. The van der Waals surface area contributed by atoms with E-state index < -0.39 is 0 Å². The minimum Gasteiger partial charge on any atom is -0.397 e. The summed E-state index contributed by atoms with van der Waals surface area (Å²) in [5.41, 5.74) is 11.5. The van der Waals surface area contributed by atoms with Gasteiger partial charge in [0.1, 0.15) is 12.2 Å². The Kier molecular flexibility index (Phi) is 5.62. The van der Waals surface area contributed by atoms with Gasteiger partial charge in [-0.2, -0.15) is 5.10 Å². The largest absolute Gasteiger partial charge is 0.397 e. The van der Waals surface area contributed by atoms with Crippen molar-refractivity contribution in [2.75, 3.05) is 29.0 Å². The number of nitrogens with two attached hydrogens (primary N) is 1. The van der Waals surface area contributed by atoms with Gasteiger partial charge in [-0.25, -0.2) is 19.6 Å². The van der Waals surface area contributed by atoms with E-state index in [9.17, 15) is 5.11 Å². The lowest BCUT2D eigenvalue weighted by Crippen LogP contribution is -2.36. The molecule has 0 atom stereocenters. The summed E-state index contributed by atoms with van der Waals surface area (Å²) < 4.78 is 1.73. The third-order valence-electron chi connectivity index (χ3n) is 5.78. The molecule has 1 aliphatic heterocycles. The highest BCUT2D eigenvalue weighted by Crippen LogP contribution is 2.31. The average molecular weight is 443 g/mol. The Balaban J connectivity index is 1.35. The van der Waals surface area contributed by atoms with E-state index in [0.29, 0.717) is 5.95 Å². The molecule has 2 aromatic carbocycles. The zero-order valence-electron chi connectivity index (χ0n) is 18.4. The molecule has 168 valence electrons. The number of aromatic nitrogens is 5. The normalized spacial score (nSPS) is 14.4. The standard InChI is InChI=1S/C24H26N8O/c1-16-27-15-32(30-16)19-5-3-18(4-6-19)28-24-26-11-8-22(29-24)17-2-7-21(25)23(14-17)31-12-9-20(33)10-13-31/h2-8,11,14-15,20,33H,9-10,12-13,25H2,1H3,(H,26,28,29). The quantitative estimate of drug-likeness (QED) is 0.403.